The third-order valence-electron chi connectivity index (χ3n) is 1.16. The molecule has 0 bridgehead atoms. The van der Waals surface area contributed by atoms with Crippen LogP contribution in [0.5, 0.6) is 0 Å². The lowest BCUT2D eigenvalue weighted by atomic mass is 10.3. The summed E-state index contributed by atoms with van der Waals surface area (Å²) in [6, 6.07) is 6.94. The average Bonchev–Trinajstić information content (AvgIpc) is 2.05. The molecule has 1 aromatic rings. The summed E-state index contributed by atoms with van der Waals surface area (Å²) in [4.78, 5) is 3.23. The largest absolute Gasteiger partial charge is 0.324 e. The summed E-state index contributed by atoms with van der Waals surface area (Å²) in [6.45, 7) is 6.64. The summed E-state index contributed by atoms with van der Waals surface area (Å²) >= 11 is 0. The van der Waals surface area contributed by atoms with Gasteiger partial charge in [0.25, 0.3) is 0 Å². The van der Waals surface area contributed by atoms with Gasteiger partial charge in [-0.15, -0.1) is 0 Å². The third kappa shape index (κ3) is 1.24. The van der Waals surface area contributed by atoms with Crippen molar-refractivity contribution in [2.24, 2.45) is 5.84 Å². The second kappa shape index (κ2) is 2.85. The molecule has 0 aliphatic carbocycles. The zero-order valence-corrected chi connectivity index (χ0v) is 5.33. The van der Waals surface area contributed by atoms with Crippen LogP contribution in [0.4, 0.5) is 11.4 Å². The molecule has 0 radical (unpaired) electrons. The lowest BCUT2D eigenvalue weighted by Crippen LogP contribution is -2.05. The number of nitrogens with one attached hydrogen (secondary N) is 1. The monoisotopic (exact) mass is 133 g/mol. The minimum absolute atomic E-state index is 0.624. The van der Waals surface area contributed by atoms with E-state index in [9.17, 15) is 0 Å². The van der Waals surface area contributed by atoms with E-state index >= 15 is 0 Å². The van der Waals surface area contributed by atoms with Gasteiger partial charge in [0, 0.05) is 5.69 Å². The van der Waals surface area contributed by atoms with E-state index in [0.29, 0.717) is 5.69 Å². The minimum Gasteiger partial charge on any atom is -0.324 e. The maximum atomic E-state index is 6.64. The van der Waals surface area contributed by atoms with Gasteiger partial charge in [0.1, 0.15) is 0 Å². The lowest BCUT2D eigenvalue weighted by molar-refractivity contribution is 1.35. The topological polar surface area (TPSA) is 42.4 Å². The Hall–Kier alpha value is -1.53. The van der Waals surface area contributed by atoms with Crippen molar-refractivity contribution in [1.82, 2.24) is 0 Å². The molecule has 0 atom stereocenters. The molecule has 50 valence electrons. The Morgan fingerprint density at radius 3 is 2.30 bits per heavy atom. The number of hydrogen-bond acceptors (Lipinski definition) is 2. The number of hydrazine groups is 1. The van der Waals surface area contributed by atoms with Crippen LogP contribution in [0.3, 0.4) is 0 Å². The van der Waals surface area contributed by atoms with Crippen molar-refractivity contribution in [1.29, 1.82) is 0 Å². The summed E-state index contributed by atoms with van der Waals surface area (Å²) in [7, 11) is 0. The van der Waals surface area contributed by atoms with Gasteiger partial charge in [-0.25, -0.2) is 4.85 Å². The molecule has 0 heterocycles. The predicted octanol–water partition coefficient (Wildman–Crippen LogP) is 1.52. The number of rotatable bonds is 1. The molecule has 0 aromatic heterocycles. The summed E-state index contributed by atoms with van der Waals surface area (Å²) in [5.74, 6) is 5.11. The molecule has 0 fully saturated rings. The summed E-state index contributed by atoms with van der Waals surface area (Å²) in [5, 5.41) is 0. The fourth-order valence-electron chi connectivity index (χ4n) is 0.632. The molecule has 3 N–H and O–H groups in total. The molecule has 0 saturated heterocycles. The van der Waals surface area contributed by atoms with E-state index in [1.165, 1.54) is 0 Å². The van der Waals surface area contributed by atoms with Gasteiger partial charge in [0.15, 0.2) is 5.69 Å². The van der Waals surface area contributed by atoms with Gasteiger partial charge in [-0.3, -0.25) is 5.84 Å². The first-order chi connectivity index (χ1) is 4.86. The Labute approximate surface area is 59.3 Å². The van der Waals surface area contributed by atoms with Crippen LogP contribution in [0.1, 0.15) is 0 Å². The molecule has 0 amide bonds. The van der Waals surface area contributed by atoms with Gasteiger partial charge in [-0.1, -0.05) is 12.1 Å². The van der Waals surface area contributed by atoms with Crippen molar-refractivity contribution in [2.75, 3.05) is 5.43 Å². The second-order valence-electron chi connectivity index (χ2n) is 1.80. The Bertz CT molecular complexity index is 245. The van der Waals surface area contributed by atoms with Crippen LogP contribution < -0.4 is 11.3 Å². The molecular formula is C7H7N3. The number of benzene rings is 1. The van der Waals surface area contributed by atoms with Crippen LogP contribution in [-0.4, -0.2) is 0 Å². The number of nitrogens with two attached hydrogens (primary N) is 1. The van der Waals surface area contributed by atoms with Gasteiger partial charge in [0.2, 0.25) is 0 Å². The third-order valence-corrected chi connectivity index (χ3v) is 1.16. The highest BCUT2D eigenvalue weighted by atomic mass is 15.2. The number of hydrogen-bond donors (Lipinski definition) is 2. The first-order valence-corrected chi connectivity index (χ1v) is 2.81. The smallest absolute Gasteiger partial charge is 0.187 e. The maximum absolute atomic E-state index is 6.64. The Balaban J connectivity index is 2.93. The molecule has 3 nitrogen and oxygen atoms in total. The molecule has 1 aromatic carbocycles. The van der Waals surface area contributed by atoms with Crippen LogP contribution in [0.15, 0.2) is 24.3 Å². The Kier molecular flexibility index (Phi) is 1.88. The summed E-state index contributed by atoms with van der Waals surface area (Å²) < 4.78 is 0. The molecule has 3 heteroatoms. The summed E-state index contributed by atoms with van der Waals surface area (Å²) in [6.07, 6.45) is 0. The Morgan fingerprint density at radius 1 is 1.30 bits per heavy atom. The van der Waals surface area contributed by atoms with Crippen LogP contribution >= 0.6 is 0 Å². The number of nitrogen functional groups attached to an aromatic ring is 1. The normalized spacial score (nSPS) is 8.40. The summed E-state index contributed by atoms with van der Waals surface area (Å²) in [5.41, 5.74) is 3.91. The Morgan fingerprint density at radius 2 is 1.90 bits per heavy atom. The van der Waals surface area contributed by atoms with Crippen LogP contribution in [0.2, 0.25) is 0 Å². The van der Waals surface area contributed by atoms with E-state index in [1.54, 1.807) is 24.3 Å². The van der Waals surface area contributed by atoms with Gasteiger partial charge < -0.3 is 5.43 Å². The van der Waals surface area contributed by atoms with E-state index in [0.717, 1.165) is 5.69 Å². The second-order valence-corrected chi connectivity index (χ2v) is 1.80. The molecular weight excluding hydrogens is 126 g/mol. The molecule has 1 rings (SSSR count). The molecule has 10 heavy (non-hydrogen) atoms. The molecule has 0 aliphatic heterocycles. The van der Waals surface area contributed by atoms with Crippen molar-refractivity contribution in [2.45, 2.75) is 0 Å². The number of nitrogens with zero attached hydrogens (tertiary/aromatic N) is 1. The van der Waals surface area contributed by atoms with E-state index in [4.69, 9.17) is 12.4 Å². The van der Waals surface area contributed by atoms with Crippen molar-refractivity contribution in [3.05, 3.63) is 35.7 Å². The van der Waals surface area contributed by atoms with Gasteiger partial charge in [-0.2, -0.15) is 0 Å². The predicted molar refractivity (Wildman–Crippen MR) is 40.5 cm³/mol. The number of anilines is 1. The van der Waals surface area contributed by atoms with E-state index in [-0.39, 0.29) is 0 Å². The molecule has 0 unspecified atom stereocenters. The molecule has 0 aliphatic rings. The van der Waals surface area contributed by atoms with Crippen LogP contribution in [0.25, 0.3) is 4.85 Å². The highest BCUT2D eigenvalue weighted by Crippen LogP contribution is 2.14. The SMILES string of the molecule is [C-]#[N+]c1ccc(NN)cc1. The van der Waals surface area contributed by atoms with E-state index in [1.807, 2.05) is 0 Å². The quantitative estimate of drug-likeness (QED) is 0.346. The zero-order chi connectivity index (χ0) is 7.40. The fourth-order valence-corrected chi connectivity index (χ4v) is 0.632. The standard InChI is InChI=1S/C7H7N3/c1-9-6-2-4-7(10-8)5-3-6/h2-5,10H,8H2. The maximum Gasteiger partial charge on any atom is 0.187 e. The van der Waals surface area contributed by atoms with E-state index < -0.39 is 0 Å². The fraction of sp³-hybridized carbons (Fsp3) is 0. The average molecular weight is 133 g/mol. The zero-order valence-electron chi connectivity index (χ0n) is 5.33. The van der Waals surface area contributed by atoms with Gasteiger partial charge >= 0.3 is 0 Å². The van der Waals surface area contributed by atoms with Crippen LogP contribution in [0, 0.1) is 6.57 Å². The van der Waals surface area contributed by atoms with Crippen molar-refractivity contribution >= 4 is 11.4 Å². The minimum atomic E-state index is 0.624. The van der Waals surface area contributed by atoms with Gasteiger partial charge in [0.05, 0.1) is 6.57 Å². The van der Waals surface area contributed by atoms with E-state index in [2.05, 4.69) is 10.3 Å². The highest BCUT2D eigenvalue weighted by molar-refractivity contribution is 5.53. The van der Waals surface area contributed by atoms with Crippen molar-refractivity contribution < 1.29 is 0 Å². The van der Waals surface area contributed by atoms with Crippen LogP contribution in [-0.2, 0) is 0 Å². The first-order valence-electron chi connectivity index (χ1n) is 2.81. The molecule has 0 saturated carbocycles. The first kappa shape index (κ1) is 6.59. The van der Waals surface area contributed by atoms with Crippen molar-refractivity contribution in [3.8, 4) is 0 Å². The van der Waals surface area contributed by atoms with Gasteiger partial charge in [-0.05, 0) is 12.1 Å². The highest BCUT2D eigenvalue weighted by Gasteiger charge is 1.88. The molecule has 0 spiro atoms. The van der Waals surface area contributed by atoms with Crippen molar-refractivity contribution in [3.63, 3.8) is 0 Å². The lowest BCUT2D eigenvalue weighted by Gasteiger charge is -1.96.